The summed E-state index contributed by atoms with van der Waals surface area (Å²) in [6.45, 7) is 9.86. The fraction of sp³-hybridized carbons (Fsp3) is 0.588. The summed E-state index contributed by atoms with van der Waals surface area (Å²) in [5, 5.41) is 3.28. The Hall–Kier alpha value is -1.55. The molecular weight excluding hydrogens is 266 g/mol. The highest BCUT2D eigenvalue weighted by Gasteiger charge is 2.36. The van der Waals surface area contributed by atoms with Crippen LogP contribution in [0.3, 0.4) is 0 Å². The lowest BCUT2D eigenvalue weighted by Gasteiger charge is -2.32. The molecule has 4 heteroatoms. The Morgan fingerprint density at radius 1 is 1.33 bits per heavy atom. The van der Waals surface area contributed by atoms with E-state index in [0.29, 0.717) is 6.42 Å². The molecule has 0 aliphatic rings. The maximum atomic E-state index is 12.1. The third-order valence-electron chi connectivity index (χ3n) is 3.27. The van der Waals surface area contributed by atoms with E-state index in [1.807, 2.05) is 58.9 Å². The van der Waals surface area contributed by atoms with Crippen molar-refractivity contribution in [1.82, 2.24) is 5.32 Å². The minimum absolute atomic E-state index is 0.109. The lowest BCUT2D eigenvalue weighted by atomic mass is 9.93. The lowest BCUT2D eigenvalue weighted by Crippen LogP contribution is -2.54. The van der Waals surface area contributed by atoms with Crippen LogP contribution in [0.1, 0.15) is 39.7 Å². The van der Waals surface area contributed by atoms with E-state index in [1.165, 1.54) is 7.11 Å². The molecule has 2 unspecified atom stereocenters. The molecule has 1 aromatic carbocycles. The van der Waals surface area contributed by atoms with E-state index in [2.05, 4.69) is 5.32 Å². The maximum Gasteiger partial charge on any atom is 0.325 e. The zero-order valence-electron chi connectivity index (χ0n) is 13.9. The quantitative estimate of drug-likeness (QED) is 0.785. The molecule has 1 aromatic rings. The van der Waals surface area contributed by atoms with E-state index in [9.17, 15) is 4.79 Å². The van der Waals surface area contributed by atoms with Crippen molar-refractivity contribution < 1.29 is 14.3 Å². The predicted molar refractivity (Wildman–Crippen MR) is 84.6 cm³/mol. The Morgan fingerprint density at radius 2 is 2.00 bits per heavy atom. The van der Waals surface area contributed by atoms with Crippen LogP contribution in [-0.4, -0.2) is 30.8 Å². The molecule has 2 atom stereocenters. The van der Waals surface area contributed by atoms with Crippen molar-refractivity contribution in [2.24, 2.45) is 0 Å². The Labute approximate surface area is 127 Å². The normalized spacial score (nSPS) is 15.4. The Bertz CT molecular complexity index is 473. The molecule has 0 bridgehead atoms. The number of ether oxygens (including phenoxy) is 2. The van der Waals surface area contributed by atoms with Gasteiger partial charge in [-0.15, -0.1) is 0 Å². The number of benzene rings is 1. The highest BCUT2D eigenvalue weighted by atomic mass is 16.5. The van der Waals surface area contributed by atoms with Gasteiger partial charge in [0.2, 0.25) is 0 Å². The summed E-state index contributed by atoms with van der Waals surface area (Å²) in [6, 6.07) is 8.08. The van der Waals surface area contributed by atoms with Crippen LogP contribution in [0.4, 0.5) is 0 Å². The number of hydrogen-bond donors (Lipinski definition) is 1. The van der Waals surface area contributed by atoms with Crippen LogP contribution in [0.15, 0.2) is 24.3 Å². The monoisotopic (exact) mass is 293 g/mol. The summed E-state index contributed by atoms with van der Waals surface area (Å²) in [7, 11) is 1.41. The molecule has 4 nitrogen and oxygen atoms in total. The van der Waals surface area contributed by atoms with E-state index in [4.69, 9.17) is 9.47 Å². The van der Waals surface area contributed by atoms with Crippen LogP contribution in [0.25, 0.3) is 0 Å². The summed E-state index contributed by atoms with van der Waals surface area (Å²) in [4.78, 5) is 12.1. The molecule has 0 aromatic heterocycles. The molecule has 0 spiro atoms. The largest absolute Gasteiger partial charge is 0.491 e. The van der Waals surface area contributed by atoms with Gasteiger partial charge in [0.1, 0.15) is 11.3 Å². The molecule has 0 aliphatic heterocycles. The topological polar surface area (TPSA) is 47.6 Å². The molecular formula is C17H27NO3. The Morgan fingerprint density at radius 3 is 2.52 bits per heavy atom. The van der Waals surface area contributed by atoms with Crippen LogP contribution in [-0.2, 0) is 9.53 Å². The second kappa shape index (κ2) is 7.46. The van der Waals surface area contributed by atoms with Gasteiger partial charge < -0.3 is 9.47 Å². The molecule has 0 aliphatic carbocycles. The molecule has 0 heterocycles. The summed E-state index contributed by atoms with van der Waals surface area (Å²) < 4.78 is 10.8. The minimum Gasteiger partial charge on any atom is -0.491 e. The lowest BCUT2D eigenvalue weighted by molar-refractivity contribution is -0.149. The van der Waals surface area contributed by atoms with Crippen molar-refractivity contribution in [1.29, 1.82) is 0 Å². The Kier molecular flexibility index (Phi) is 6.21. The first kappa shape index (κ1) is 17.5. The number of aryl methyl sites for hydroxylation is 1. The van der Waals surface area contributed by atoms with Crippen LogP contribution in [0, 0.1) is 6.92 Å². The second-order valence-corrected chi connectivity index (χ2v) is 6.07. The van der Waals surface area contributed by atoms with Gasteiger partial charge in [0.05, 0.1) is 13.2 Å². The Balaban J connectivity index is 2.76. The maximum absolute atomic E-state index is 12.1. The van der Waals surface area contributed by atoms with Gasteiger partial charge in [-0.3, -0.25) is 10.1 Å². The van der Waals surface area contributed by atoms with Crippen molar-refractivity contribution in [2.75, 3.05) is 7.11 Å². The van der Waals surface area contributed by atoms with Gasteiger partial charge in [0.15, 0.2) is 0 Å². The van der Waals surface area contributed by atoms with Crippen molar-refractivity contribution in [3.63, 3.8) is 0 Å². The van der Waals surface area contributed by atoms with Gasteiger partial charge in [0.25, 0.3) is 0 Å². The standard InChI is InChI=1S/C17H27NO3/c1-12(2)18-17(5,16(19)20-6)11-14(4)21-15-9-7-8-13(3)10-15/h7-10,12,14,18H,11H2,1-6H3. The van der Waals surface area contributed by atoms with E-state index in [1.54, 1.807) is 0 Å². The molecule has 1 rings (SSSR count). The first-order valence-electron chi connectivity index (χ1n) is 7.36. The fourth-order valence-electron chi connectivity index (χ4n) is 2.60. The van der Waals surface area contributed by atoms with Crippen molar-refractivity contribution in [3.8, 4) is 5.75 Å². The van der Waals surface area contributed by atoms with Crippen LogP contribution < -0.4 is 10.1 Å². The average Bonchev–Trinajstić information content (AvgIpc) is 2.36. The van der Waals surface area contributed by atoms with E-state index in [-0.39, 0.29) is 18.1 Å². The van der Waals surface area contributed by atoms with Crippen molar-refractivity contribution >= 4 is 5.97 Å². The van der Waals surface area contributed by atoms with E-state index < -0.39 is 5.54 Å². The molecule has 0 saturated carbocycles. The van der Waals surface area contributed by atoms with Crippen LogP contribution >= 0.6 is 0 Å². The summed E-state index contributed by atoms with van der Waals surface area (Å²) >= 11 is 0. The van der Waals surface area contributed by atoms with E-state index >= 15 is 0 Å². The minimum atomic E-state index is -0.758. The number of rotatable bonds is 7. The number of hydrogen-bond acceptors (Lipinski definition) is 4. The number of carbonyl (C=O) groups excluding carboxylic acids is 1. The number of carbonyl (C=O) groups is 1. The summed E-state index contributed by atoms with van der Waals surface area (Å²) in [6.07, 6.45) is 0.424. The highest BCUT2D eigenvalue weighted by molar-refractivity contribution is 5.80. The van der Waals surface area contributed by atoms with Crippen LogP contribution in [0.2, 0.25) is 0 Å². The summed E-state index contributed by atoms with van der Waals surface area (Å²) in [5.74, 6) is 0.551. The van der Waals surface area contributed by atoms with Gasteiger partial charge in [-0.25, -0.2) is 0 Å². The zero-order valence-corrected chi connectivity index (χ0v) is 13.9. The number of nitrogens with one attached hydrogen (secondary N) is 1. The van der Waals surface area contributed by atoms with E-state index in [0.717, 1.165) is 11.3 Å². The van der Waals surface area contributed by atoms with Crippen molar-refractivity contribution in [2.45, 2.75) is 58.7 Å². The van der Waals surface area contributed by atoms with Crippen molar-refractivity contribution in [3.05, 3.63) is 29.8 Å². The average molecular weight is 293 g/mol. The molecule has 21 heavy (non-hydrogen) atoms. The third-order valence-corrected chi connectivity index (χ3v) is 3.27. The van der Waals surface area contributed by atoms with Crippen LogP contribution in [0.5, 0.6) is 5.75 Å². The summed E-state index contributed by atoms with van der Waals surface area (Å²) in [5.41, 5.74) is 0.391. The first-order valence-corrected chi connectivity index (χ1v) is 7.36. The number of methoxy groups -OCH3 is 1. The van der Waals surface area contributed by atoms with Gasteiger partial charge in [-0.05, 0) is 52.3 Å². The first-order chi connectivity index (χ1) is 9.76. The zero-order chi connectivity index (χ0) is 16.0. The van der Waals surface area contributed by atoms with Gasteiger partial charge in [0, 0.05) is 12.5 Å². The predicted octanol–water partition coefficient (Wildman–Crippen LogP) is 3.08. The number of esters is 1. The fourth-order valence-corrected chi connectivity index (χ4v) is 2.60. The van der Waals surface area contributed by atoms with Gasteiger partial charge in [-0.1, -0.05) is 12.1 Å². The molecule has 118 valence electrons. The molecule has 0 amide bonds. The SMILES string of the molecule is COC(=O)C(C)(CC(C)Oc1cccc(C)c1)NC(C)C. The smallest absolute Gasteiger partial charge is 0.325 e. The highest BCUT2D eigenvalue weighted by Crippen LogP contribution is 2.21. The molecule has 1 N–H and O–H groups in total. The van der Waals surface area contributed by atoms with Gasteiger partial charge >= 0.3 is 5.97 Å². The molecule has 0 fully saturated rings. The third kappa shape index (κ3) is 5.38. The molecule has 0 radical (unpaired) electrons. The van der Waals surface area contributed by atoms with Gasteiger partial charge in [-0.2, -0.15) is 0 Å². The second-order valence-electron chi connectivity index (χ2n) is 6.07. The molecule has 0 saturated heterocycles.